The van der Waals surface area contributed by atoms with Gasteiger partial charge in [-0.2, -0.15) is 4.98 Å². The Morgan fingerprint density at radius 1 is 1.23 bits per heavy atom. The molecule has 0 aromatic carbocycles. The number of aliphatic hydroxyl groups is 3. The Morgan fingerprint density at radius 3 is 2.43 bits per heavy atom. The first-order valence-corrected chi connectivity index (χ1v) is 12.8. The number of aliphatic hydroxyl groups excluding tert-OH is 2. The molecule has 1 aliphatic rings. The van der Waals surface area contributed by atoms with Crippen LogP contribution in [0.1, 0.15) is 53.2 Å². The minimum absolute atomic E-state index is 0.0227. The van der Waals surface area contributed by atoms with Gasteiger partial charge in [0.15, 0.2) is 11.6 Å². The van der Waals surface area contributed by atoms with Gasteiger partial charge >= 0.3 is 13.3 Å². The van der Waals surface area contributed by atoms with Crippen LogP contribution in [0.2, 0.25) is 0 Å². The summed E-state index contributed by atoms with van der Waals surface area (Å²) >= 11 is 0. The molecule has 0 radical (unpaired) electrons. The van der Waals surface area contributed by atoms with Crippen LogP contribution in [0.15, 0.2) is 17.2 Å². The molecule has 15 heteroatoms. The number of ether oxygens (including phenoxy) is 1. The van der Waals surface area contributed by atoms with E-state index in [0.717, 1.165) is 4.57 Å². The number of aromatic nitrogens is 5. The molecular weight excluding hydrogens is 483 g/mol. The van der Waals surface area contributed by atoms with Crippen LogP contribution in [0.4, 0.5) is 5.82 Å². The second-order valence-corrected chi connectivity index (χ2v) is 11.4. The molecule has 3 rings (SSSR count). The Hall–Kier alpha value is -2.19. The van der Waals surface area contributed by atoms with Crippen LogP contribution in [0.25, 0.3) is 11.3 Å². The van der Waals surface area contributed by atoms with Gasteiger partial charge in [-0.15, -0.1) is 5.10 Å². The third-order valence-electron chi connectivity index (χ3n) is 6.47. The lowest BCUT2D eigenvalue weighted by atomic mass is 9.93. The van der Waals surface area contributed by atoms with Gasteiger partial charge in [0.2, 0.25) is 0 Å². The summed E-state index contributed by atoms with van der Waals surface area (Å²) in [5.74, 6) is -0.0926. The largest absolute Gasteiger partial charge is 0.388 e. The van der Waals surface area contributed by atoms with Gasteiger partial charge in [-0.3, -0.25) is 13.8 Å². The molecule has 3 heterocycles. The first-order chi connectivity index (χ1) is 16.1. The number of nitrogens with zero attached hydrogens (tertiary/aromatic N) is 5. The summed E-state index contributed by atoms with van der Waals surface area (Å²) in [6, 6.07) is 0. The average Bonchev–Trinajstić information content (AvgIpc) is 3.32. The fraction of sp³-hybridized carbons (Fsp3) is 0.700. The second-order valence-electron chi connectivity index (χ2n) is 9.24. The number of nitrogens with two attached hydrogens (primary N) is 1. The maximum absolute atomic E-state index is 12.7. The lowest BCUT2D eigenvalue weighted by Gasteiger charge is -2.37. The quantitative estimate of drug-likeness (QED) is 0.282. The highest BCUT2D eigenvalue weighted by Gasteiger charge is 2.50. The van der Waals surface area contributed by atoms with Crippen molar-refractivity contribution < 1.29 is 34.0 Å². The number of hydrogen-bond donors (Lipinski definition) is 5. The van der Waals surface area contributed by atoms with E-state index in [0.29, 0.717) is 5.69 Å². The average molecular weight is 516 g/mol. The molecule has 1 fully saturated rings. The zero-order valence-corrected chi connectivity index (χ0v) is 21.2. The normalized spacial score (nSPS) is 27.8. The summed E-state index contributed by atoms with van der Waals surface area (Å²) in [4.78, 5) is 26.7. The number of hydrogen-bond acceptors (Lipinski definition) is 11. The maximum atomic E-state index is 12.7. The first kappa shape index (κ1) is 27.4. The topological polar surface area (TPSA) is 208 Å². The van der Waals surface area contributed by atoms with Gasteiger partial charge in [0.05, 0.1) is 23.5 Å². The molecule has 35 heavy (non-hydrogen) atoms. The van der Waals surface area contributed by atoms with E-state index in [-0.39, 0.29) is 30.6 Å². The molecule has 0 aliphatic carbocycles. The zero-order valence-electron chi connectivity index (χ0n) is 20.3. The van der Waals surface area contributed by atoms with E-state index in [9.17, 15) is 29.6 Å². The van der Waals surface area contributed by atoms with E-state index in [4.69, 9.17) is 15.0 Å². The van der Waals surface area contributed by atoms with Crippen molar-refractivity contribution in [1.29, 1.82) is 0 Å². The van der Waals surface area contributed by atoms with E-state index >= 15 is 0 Å². The first-order valence-electron chi connectivity index (χ1n) is 11.2. The van der Waals surface area contributed by atoms with Crippen molar-refractivity contribution in [3.05, 3.63) is 22.9 Å². The number of aryl methyl sites for hydroxylation is 1. The third-order valence-corrected chi connectivity index (χ3v) is 8.70. The van der Waals surface area contributed by atoms with Crippen molar-refractivity contribution in [2.24, 2.45) is 7.05 Å². The van der Waals surface area contributed by atoms with E-state index in [2.05, 4.69) is 15.3 Å². The van der Waals surface area contributed by atoms with E-state index in [1.165, 1.54) is 17.8 Å². The summed E-state index contributed by atoms with van der Waals surface area (Å²) in [6.07, 6.45) is -2.42. The smallest absolute Gasteiger partial charge is 0.359 e. The molecule has 6 N–H and O–H groups in total. The summed E-state index contributed by atoms with van der Waals surface area (Å²) in [7, 11) is -2.84. The number of nitrogen functional groups attached to an aromatic ring is 1. The van der Waals surface area contributed by atoms with Crippen LogP contribution in [-0.4, -0.2) is 74.0 Å². The monoisotopic (exact) mass is 516 g/mol. The molecule has 2 aromatic rings. The Kier molecular flexibility index (Phi) is 7.59. The minimum atomic E-state index is -4.49. The molecule has 14 nitrogen and oxygen atoms in total. The maximum Gasteiger partial charge on any atom is 0.359 e. The van der Waals surface area contributed by atoms with Crippen molar-refractivity contribution in [2.45, 2.75) is 82.4 Å². The van der Waals surface area contributed by atoms with E-state index < -0.39 is 48.8 Å². The second kappa shape index (κ2) is 9.69. The summed E-state index contributed by atoms with van der Waals surface area (Å²) < 4.78 is 26.5. The van der Waals surface area contributed by atoms with Crippen molar-refractivity contribution in [2.75, 3.05) is 5.73 Å². The predicted octanol–water partition coefficient (Wildman–Crippen LogP) is 0.120. The molecule has 2 aromatic heterocycles. The van der Waals surface area contributed by atoms with Gasteiger partial charge in [0.25, 0.3) is 0 Å². The Morgan fingerprint density at radius 2 is 1.89 bits per heavy atom. The summed E-state index contributed by atoms with van der Waals surface area (Å²) in [5, 5.41) is 37.5. The molecule has 196 valence electrons. The molecule has 1 aliphatic heterocycles. The van der Waals surface area contributed by atoms with Gasteiger partial charge in [0, 0.05) is 19.7 Å². The van der Waals surface area contributed by atoms with E-state index in [1.807, 2.05) is 0 Å². The molecule has 7 atom stereocenters. The number of anilines is 1. The SMILES string of the molecule is CCC(C)(C[C@H]1O[C@@H](n2cc(-c3cn(C)nn3)c(N)nc2=O)[C@@H](O)C1O)OP(=O)(O)C(C)(O)CC. The Balaban J connectivity index is 1.88. The Labute approximate surface area is 201 Å². The third kappa shape index (κ3) is 5.33. The number of rotatable bonds is 9. The highest BCUT2D eigenvalue weighted by atomic mass is 31.2. The fourth-order valence-corrected chi connectivity index (χ4v) is 5.13. The summed E-state index contributed by atoms with van der Waals surface area (Å²) in [6.45, 7) is 6.01. The molecule has 0 spiro atoms. The van der Waals surface area contributed by atoms with Gasteiger partial charge < -0.3 is 35.2 Å². The molecular formula is C20H33N6O8P. The lowest BCUT2D eigenvalue weighted by Crippen LogP contribution is -2.40. The van der Waals surface area contributed by atoms with Crippen LogP contribution >= 0.6 is 7.60 Å². The van der Waals surface area contributed by atoms with Crippen LogP contribution in [0.5, 0.6) is 0 Å². The standard InChI is InChI=1S/C20H33N6O8P/c1-6-19(3,34-35(31,32)20(4,30)7-2)8-13-14(27)15(28)17(33-13)26-9-11(16(21)22-18(26)29)12-10-25(5)24-23-12/h9-10,13-15,17,27-28,30H,6-8H2,1-5H3,(H,31,32)(H2,21,22,29)/t13-,14?,15+,17-,19?,20?/m1/s1. The van der Waals surface area contributed by atoms with Crippen LogP contribution in [0.3, 0.4) is 0 Å². The molecule has 4 unspecified atom stereocenters. The van der Waals surface area contributed by atoms with Crippen molar-refractivity contribution in [3.63, 3.8) is 0 Å². The fourth-order valence-electron chi connectivity index (χ4n) is 3.73. The van der Waals surface area contributed by atoms with Crippen LogP contribution in [0, 0.1) is 0 Å². The highest BCUT2D eigenvalue weighted by Crippen LogP contribution is 2.59. The Bertz CT molecular complexity index is 1170. The van der Waals surface area contributed by atoms with Crippen molar-refractivity contribution in [3.8, 4) is 11.3 Å². The molecule has 0 saturated carbocycles. The highest BCUT2D eigenvalue weighted by molar-refractivity contribution is 7.54. The molecule has 0 bridgehead atoms. The molecule has 1 saturated heterocycles. The van der Waals surface area contributed by atoms with Gasteiger partial charge in [0.1, 0.15) is 23.7 Å². The van der Waals surface area contributed by atoms with Gasteiger partial charge in [-0.1, -0.05) is 19.1 Å². The lowest BCUT2D eigenvalue weighted by molar-refractivity contribution is -0.0713. The van der Waals surface area contributed by atoms with Crippen LogP contribution < -0.4 is 11.4 Å². The van der Waals surface area contributed by atoms with Gasteiger partial charge in [-0.25, -0.2) is 4.79 Å². The summed E-state index contributed by atoms with van der Waals surface area (Å²) in [5.41, 5.74) is 4.37. The van der Waals surface area contributed by atoms with E-state index in [1.54, 1.807) is 34.0 Å². The van der Waals surface area contributed by atoms with Crippen molar-refractivity contribution in [1.82, 2.24) is 24.5 Å². The van der Waals surface area contributed by atoms with Crippen molar-refractivity contribution >= 4 is 13.4 Å². The van der Waals surface area contributed by atoms with Gasteiger partial charge in [-0.05, 0) is 26.7 Å². The molecule has 0 amide bonds. The van der Waals surface area contributed by atoms with Crippen LogP contribution in [-0.2, 0) is 20.9 Å². The predicted molar refractivity (Wildman–Crippen MR) is 124 cm³/mol. The zero-order chi connectivity index (χ0) is 26.3. The minimum Gasteiger partial charge on any atom is -0.388 e.